The molecule has 0 heterocycles. The van der Waals surface area contributed by atoms with Gasteiger partial charge in [-0.2, -0.15) is 5.26 Å². The maximum Gasteiger partial charge on any atom is 0.0908 e. The number of nitrogens with zero attached hydrogens (tertiary/aromatic N) is 1. The first-order valence-corrected chi connectivity index (χ1v) is 8.99. The van der Waals surface area contributed by atoms with E-state index < -0.39 is 0 Å². The summed E-state index contributed by atoms with van der Waals surface area (Å²) in [6, 6.07) is 2.10. The highest BCUT2D eigenvalue weighted by atomic mass is 16.5. The zero-order valence-electron chi connectivity index (χ0n) is 13.6. The van der Waals surface area contributed by atoms with Gasteiger partial charge in [0.05, 0.1) is 12.2 Å². The van der Waals surface area contributed by atoms with E-state index in [9.17, 15) is 0 Å². The summed E-state index contributed by atoms with van der Waals surface area (Å²) in [6.45, 7) is 3.29. The molecule has 0 atom stereocenters. The Morgan fingerprint density at radius 3 is 2.29 bits per heavy atom. The normalized spacial score (nSPS) is 33.9. The average molecular weight is 289 g/mol. The summed E-state index contributed by atoms with van der Waals surface area (Å²) in [7, 11) is 0. The van der Waals surface area contributed by atoms with Crippen LogP contribution in [-0.2, 0) is 4.74 Å². The van der Waals surface area contributed by atoms with Crippen LogP contribution >= 0.6 is 0 Å². The van der Waals surface area contributed by atoms with Crippen LogP contribution in [0.2, 0.25) is 0 Å². The van der Waals surface area contributed by atoms with Gasteiger partial charge in [0.25, 0.3) is 0 Å². The third-order valence-electron chi connectivity index (χ3n) is 5.39. The molecule has 0 N–H and O–H groups in total. The summed E-state index contributed by atoms with van der Waals surface area (Å²) in [5.74, 6) is 2.41. The Labute approximate surface area is 130 Å². The van der Waals surface area contributed by atoms with Crippen molar-refractivity contribution in [3.05, 3.63) is 12.2 Å². The van der Waals surface area contributed by atoms with E-state index in [2.05, 4.69) is 19.1 Å². The van der Waals surface area contributed by atoms with Crippen molar-refractivity contribution in [3.63, 3.8) is 0 Å². The number of rotatable bonds is 6. The molecule has 0 saturated heterocycles. The van der Waals surface area contributed by atoms with Crippen molar-refractivity contribution >= 4 is 0 Å². The first kappa shape index (κ1) is 16.6. The van der Waals surface area contributed by atoms with Gasteiger partial charge in [-0.25, -0.2) is 0 Å². The highest BCUT2D eigenvalue weighted by Crippen LogP contribution is 2.33. The summed E-state index contributed by atoms with van der Waals surface area (Å²) >= 11 is 0. The van der Waals surface area contributed by atoms with Crippen molar-refractivity contribution in [3.8, 4) is 6.07 Å². The Morgan fingerprint density at radius 1 is 1.00 bits per heavy atom. The van der Waals surface area contributed by atoms with E-state index in [-0.39, 0.29) is 0 Å². The maximum atomic E-state index is 8.57. The summed E-state index contributed by atoms with van der Waals surface area (Å²) in [5, 5.41) is 8.57. The molecule has 118 valence electrons. The SMILES string of the molecule is CCC[C@H]1CC[C@H](COC2CCC(C=CC#N)CC2)CC1. The Kier molecular flexibility index (Phi) is 7.30. The molecule has 0 radical (unpaired) electrons. The van der Waals surface area contributed by atoms with Crippen LogP contribution in [0.4, 0.5) is 0 Å². The van der Waals surface area contributed by atoms with Crippen LogP contribution in [0.25, 0.3) is 0 Å². The van der Waals surface area contributed by atoms with Crippen LogP contribution in [0.3, 0.4) is 0 Å². The quantitative estimate of drug-likeness (QED) is 0.626. The lowest BCUT2D eigenvalue weighted by atomic mass is 9.80. The van der Waals surface area contributed by atoms with Crippen LogP contribution in [-0.4, -0.2) is 12.7 Å². The first-order valence-electron chi connectivity index (χ1n) is 8.99. The number of hydrogen-bond donors (Lipinski definition) is 0. The van der Waals surface area contributed by atoms with Crippen molar-refractivity contribution in [2.45, 2.75) is 77.2 Å². The second kappa shape index (κ2) is 9.26. The minimum Gasteiger partial charge on any atom is -0.378 e. The molecule has 0 bridgehead atoms. The Hall–Kier alpha value is -0.810. The predicted molar refractivity (Wildman–Crippen MR) is 86.8 cm³/mol. The smallest absolute Gasteiger partial charge is 0.0908 e. The van der Waals surface area contributed by atoms with E-state index in [1.54, 1.807) is 6.08 Å². The summed E-state index contributed by atoms with van der Waals surface area (Å²) in [6.07, 6.45) is 17.3. The molecule has 0 amide bonds. The van der Waals surface area contributed by atoms with E-state index >= 15 is 0 Å². The van der Waals surface area contributed by atoms with Crippen LogP contribution in [0, 0.1) is 29.1 Å². The molecule has 2 fully saturated rings. The molecule has 0 aromatic carbocycles. The summed E-state index contributed by atoms with van der Waals surface area (Å²) < 4.78 is 6.18. The number of hydrogen-bond acceptors (Lipinski definition) is 2. The molecule has 2 heteroatoms. The summed E-state index contributed by atoms with van der Waals surface area (Å²) in [5.41, 5.74) is 0. The van der Waals surface area contributed by atoms with E-state index in [0.717, 1.165) is 18.4 Å². The van der Waals surface area contributed by atoms with Crippen molar-refractivity contribution in [2.24, 2.45) is 17.8 Å². The Morgan fingerprint density at radius 2 is 1.67 bits per heavy atom. The van der Waals surface area contributed by atoms with Gasteiger partial charge < -0.3 is 4.74 Å². The lowest BCUT2D eigenvalue weighted by Gasteiger charge is -2.31. The number of allylic oxidation sites excluding steroid dienone is 2. The van der Waals surface area contributed by atoms with Crippen LogP contribution in [0.15, 0.2) is 12.2 Å². The molecule has 0 spiro atoms. The van der Waals surface area contributed by atoms with Crippen LogP contribution in [0.5, 0.6) is 0 Å². The predicted octanol–water partition coefficient (Wildman–Crippen LogP) is 5.25. The number of ether oxygens (including phenoxy) is 1. The lowest BCUT2D eigenvalue weighted by Crippen LogP contribution is -2.25. The molecule has 0 aromatic rings. The van der Waals surface area contributed by atoms with Crippen molar-refractivity contribution in [2.75, 3.05) is 6.61 Å². The molecule has 2 aliphatic carbocycles. The van der Waals surface area contributed by atoms with Gasteiger partial charge in [-0.15, -0.1) is 0 Å². The number of nitriles is 1. The van der Waals surface area contributed by atoms with E-state index in [4.69, 9.17) is 10.00 Å². The third-order valence-corrected chi connectivity index (χ3v) is 5.39. The third kappa shape index (κ3) is 5.83. The fourth-order valence-corrected chi connectivity index (χ4v) is 3.99. The van der Waals surface area contributed by atoms with Gasteiger partial charge in [0, 0.05) is 12.7 Å². The zero-order valence-corrected chi connectivity index (χ0v) is 13.6. The minimum absolute atomic E-state index is 0.477. The molecule has 0 aliphatic heterocycles. The minimum atomic E-state index is 0.477. The standard InChI is InChI=1S/C19H31NO/c1-2-4-16-6-8-18(9-7-16)15-21-19-12-10-17(11-13-19)5-3-14-20/h3,5,16-19H,2,4,6-13,15H2,1H3/t16-,17?,18-,19?. The topological polar surface area (TPSA) is 33.0 Å². The Bertz CT molecular complexity index is 341. The average Bonchev–Trinajstić information content (AvgIpc) is 2.53. The van der Waals surface area contributed by atoms with E-state index in [1.165, 1.54) is 64.2 Å². The molecule has 0 aromatic heterocycles. The van der Waals surface area contributed by atoms with E-state index in [0.29, 0.717) is 12.0 Å². The monoisotopic (exact) mass is 289 g/mol. The van der Waals surface area contributed by atoms with Crippen LogP contribution < -0.4 is 0 Å². The lowest BCUT2D eigenvalue weighted by molar-refractivity contribution is -0.00658. The molecule has 2 nitrogen and oxygen atoms in total. The molecule has 2 aliphatic rings. The van der Waals surface area contributed by atoms with Crippen molar-refractivity contribution < 1.29 is 4.74 Å². The van der Waals surface area contributed by atoms with Gasteiger partial charge in [0.2, 0.25) is 0 Å². The van der Waals surface area contributed by atoms with Crippen molar-refractivity contribution in [1.29, 1.82) is 5.26 Å². The van der Waals surface area contributed by atoms with Gasteiger partial charge in [0.1, 0.15) is 0 Å². The summed E-state index contributed by atoms with van der Waals surface area (Å²) in [4.78, 5) is 0. The molecule has 0 unspecified atom stereocenters. The largest absolute Gasteiger partial charge is 0.378 e. The Balaban J connectivity index is 1.58. The fraction of sp³-hybridized carbons (Fsp3) is 0.842. The van der Waals surface area contributed by atoms with E-state index in [1.807, 2.05) is 0 Å². The highest BCUT2D eigenvalue weighted by molar-refractivity contribution is 5.04. The van der Waals surface area contributed by atoms with Gasteiger partial charge in [-0.3, -0.25) is 0 Å². The van der Waals surface area contributed by atoms with Gasteiger partial charge in [-0.05, 0) is 56.3 Å². The molecular weight excluding hydrogens is 258 g/mol. The molecule has 21 heavy (non-hydrogen) atoms. The second-order valence-corrected chi connectivity index (χ2v) is 7.03. The molecular formula is C19H31NO. The van der Waals surface area contributed by atoms with Gasteiger partial charge in [-0.1, -0.05) is 38.7 Å². The molecule has 2 rings (SSSR count). The fourth-order valence-electron chi connectivity index (χ4n) is 3.99. The maximum absolute atomic E-state index is 8.57. The van der Waals surface area contributed by atoms with Crippen LogP contribution in [0.1, 0.15) is 71.1 Å². The van der Waals surface area contributed by atoms with Crippen molar-refractivity contribution in [1.82, 2.24) is 0 Å². The van der Waals surface area contributed by atoms with Gasteiger partial charge >= 0.3 is 0 Å². The molecule has 2 saturated carbocycles. The second-order valence-electron chi connectivity index (χ2n) is 7.03. The zero-order chi connectivity index (χ0) is 14.9. The first-order chi connectivity index (χ1) is 10.3. The van der Waals surface area contributed by atoms with Gasteiger partial charge in [0.15, 0.2) is 0 Å². The highest BCUT2D eigenvalue weighted by Gasteiger charge is 2.24.